The quantitative estimate of drug-likeness (QED) is 0.785. The number of hydrogen-bond acceptors (Lipinski definition) is 3. The molecule has 0 aliphatic carbocycles. The second-order valence-electron chi connectivity index (χ2n) is 4.95. The first-order valence-electron chi connectivity index (χ1n) is 6.37. The van der Waals surface area contributed by atoms with Gasteiger partial charge in [-0.05, 0) is 25.2 Å². The molecule has 7 heteroatoms. The fourth-order valence-electron chi connectivity index (χ4n) is 2.17. The maximum absolute atomic E-state index is 12.2. The second-order valence-corrected chi connectivity index (χ2v) is 4.95. The monoisotopic (exact) mass is 272 g/mol. The highest BCUT2D eigenvalue weighted by molar-refractivity contribution is 5.84. The summed E-state index contributed by atoms with van der Waals surface area (Å²) in [5.74, 6) is -1.89. The number of hydrogen-bond donors (Lipinski definition) is 2. The van der Waals surface area contributed by atoms with Gasteiger partial charge in [0.15, 0.2) is 0 Å². The predicted molar refractivity (Wildman–Crippen MR) is 66.8 cm³/mol. The molecular weight excluding hydrogens is 252 g/mol. The zero-order chi connectivity index (χ0) is 14.4. The molecule has 1 aliphatic rings. The van der Waals surface area contributed by atoms with Gasteiger partial charge in [-0.3, -0.25) is 9.59 Å². The van der Waals surface area contributed by atoms with Crippen molar-refractivity contribution in [3.8, 4) is 0 Å². The van der Waals surface area contributed by atoms with Crippen LogP contribution in [0.5, 0.6) is 0 Å². The Morgan fingerprint density at radius 1 is 1.11 bits per heavy atom. The summed E-state index contributed by atoms with van der Waals surface area (Å²) in [4.78, 5) is 36.0. The molecule has 7 nitrogen and oxygen atoms in total. The van der Waals surface area contributed by atoms with E-state index in [9.17, 15) is 14.4 Å². The van der Waals surface area contributed by atoms with Crippen molar-refractivity contribution in [3.63, 3.8) is 0 Å². The van der Waals surface area contributed by atoms with Crippen LogP contribution in [0.3, 0.4) is 0 Å². The van der Waals surface area contributed by atoms with Gasteiger partial charge >= 0.3 is 18.0 Å². The molecule has 0 bridgehead atoms. The Balaban J connectivity index is 2.68. The lowest BCUT2D eigenvalue weighted by molar-refractivity contribution is -0.140. The summed E-state index contributed by atoms with van der Waals surface area (Å²) in [6.45, 7) is 2.04. The van der Waals surface area contributed by atoms with Gasteiger partial charge in [-0.25, -0.2) is 4.79 Å². The Bertz CT molecular complexity index is 342. The van der Waals surface area contributed by atoms with E-state index in [2.05, 4.69) is 6.92 Å². The number of carbonyl (C=O) groups excluding carboxylic acids is 1. The molecular formula is C12H20N2O5. The molecule has 1 fully saturated rings. The molecule has 2 N–H and O–H groups in total. The Labute approximate surface area is 111 Å². The molecule has 1 atom stereocenters. The van der Waals surface area contributed by atoms with Crippen molar-refractivity contribution in [3.05, 3.63) is 0 Å². The van der Waals surface area contributed by atoms with Crippen molar-refractivity contribution in [2.75, 3.05) is 26.2 Å². The first kappa shape index (κ1) is 15.3. The molecule has 19 heavy (non-hydrogen) atoms. The van der Waals surface area contributed by atoms with Gasteiger partial charge in [-0.1, -0.05) is 6.92 Å². The minimum atomic E-state index is -1.21. The molecule has 1 heterocycles. The summed E-state index contributed by atoms with van der Waals surface area (Å²) >= 11 is 0. The van der Waals surface area contributed by atoms with E-state index in [1.165, 1.54) is 0 Å². The SMILES string of the molecule is CC1CCCN(C(=O)N(CC(=O)O)CC(=O)O)CC1. The Morgan fingerprint density at radius 3 is 2.21 bits per heavy atom. The predicted octanol–water partition coefficient (Wildman–Crippen LogP) is 0.700. The third kappa shape index (κ3) is 5.15. The lowest BCUT2D eigenvalue weighted by Crippen LogP contribution is -2.47. The fourth-order valence-corrected chi connectivity index (χ4v) is 2.17. The molecule has 1 unspecified atom stereocenters. The Morgan fingerprint density at radius 2 is 1.68 bits per heavy atom. The molecule has 1 saturated heterocycles. The third-order valence-electron chi connectivity index (χ3n) is 3.21. The molecule has 0 spiro atoms. The average molecular weight is 272 g/mol. The Hall–Kier alpha value is -1.79. The zero-order valence-electron chi connectivity index (χ0n) is 11.0. The van der Waals surface area contributed by atoms with Crippen LogP contribution >= 0.6 is 0 Å². The number of carbonyl (C=O) groups is 3. The van der Waals surface area contributed by atoms with Crippen LogP contribution in [0.25, 0.3) is 0 Å². The highest BCUT2D eigenvalue weighted by Gasteiger charge is 2.26. The maximum Gasteiger partial charge on any atom is 0.323 e. The largest absolute Gasteiger partial charge is 0.480 e. The van der Waals surface area contributed by atoms with Crippen molar-refractivity contribution in [1.82, 2.24) is 9.80 Å². The Kier molecular flexibility index (Phi) is 5.59. The van der Waals surface area contributed by atoms with Crippen LogP contribution < -0.4 is 0 Å². The van der Waals surface area contributed by atoms with E-state index in [1.807, 2.05) is 0 Å². The lowest BCUT2D eigenvalue weighted by Gasteiger charge is -2.27. The van der Waals surface area contributed by atoms with Crippen LogP contribution in [-0.2, 0) is 9.59 Å². The number of amides is 2. The molecule has 1 aliphatic heterocycles. The van der Waals surface area contributed by atoms with Crippen LogP contribution in [0, 0.1) is 5.92 Å². The minimum Gasteiger partial charge on any atom is -0.480 e. The fraction of sp³-hybridized carbons (Fsp3) is 0.750. The lowest BCUT2D eigenvalue weighted by atomic mass is 10.0. The van der Waals surface area contributed by atoms with E-state index >= 15 is 0 Å². The summed E-state index contributed by atoms with van der Waals surface area (Å²) < 4.78 is 0. The van der Waals surface area contributed by atoms with Crippen molar-refractivity contribution in [2.24, 2.45) is 5.92 Å². The maximum atomic E-state index is 12.2. The number of carboxylic acid groups (broad SMARTS) is 2. The van der Waals surface area contributed by atoms with Crippen molar-refractivity contribution in [1.29, 1.82) is 0 Å². The first-order chi connectivity index (χ1) is 8.90. The topological polar surface area (TPSA) is 98.2 Å². The van der Waals surface area contributed by atoms with E-state index in [0.717, 1.165) is 24.2 Å². The normalized spacial score (nSPS) is 19.6. The number of likely N-dealkylation sites (tertiary alicyclic amines) is 1. The molecule has 0 radical (unpaired) electrons. The van der Waals surface area contributed by atoms with Gasteiger partial charge in [0.05, 0.1) is 0 Å². The van der Waals surface area contributed by atoms with Crippen molar-refractivity contribution < 1.29 is 24.6 Å². The van der Waals surface area contributed by atoms with Crippen LogP contribution in [0.1, 0.15) is 26.2 Å². The van der Waals surface area contributed by atoms with Gasteiger partial charge in [-0.2, -0.15) is 0 Å². The van der Waals surface area contributed by atoms with Gasteiger partial charge in [0, 0.05) is 13.1 Å². The third-order valence-corrected chi connectivity index (χ3v) is 3.21. The second kappa shape index (κ2) is 6.96. The van der Waals surface area contributed by atoms with E-state index in [0.29, 0.717) is 19.0 Å². The van der Waals surface area contributed by atoms with Crippen LogP contribution in [-0.4, -0.2) is 64.2 Å². The number of carboxylic acids is 2. The van der Waals surface area contributed by atoms with Crippen LogP contribution in [0.4, 0.5) is 4.79 Å². The molecule has 0 saturated carbocycles. The van der Waals surface area contributed by atoms with Gasteiger partial charge in [0.1, 0.15) is 13.1 Å². The van der Waals surface area contributed by atoms with E-state index in [4.69, 9.17) is 10.2 Å². The molecule has 0 aromatic carbocycles. The minimum absolute atomic E-state index is 0.501. The standard InChI is InChI=1S/C12H20N2O5/c1-9-3-2-5-13(6-4-9)12(19)14(7-10(15)16)8-11(17)18/h9H,2-8H2,1H3,(H,15,16)(H,17,18). The number of aliphatic carboxylic acids is 2. The summed E-state index contributed by atoms with van der Waals surface area (Å²) in [6.07, 6.45) is 2.75. The van der Waals surface area contributed by atoms with Gasteiger partial charge < -0.3 is 20.0 Å². The van der Waals surface area contributed by atoms with Gasteiger partial charge in [-0.15, -0.1) is 0 Å². The average Bonchev–Trinajstić information content (AvgIpc) is 2.51. The molecule has 108 valence electrons. The van der Waals surface area contributed by atoms with Gasteiger partial charge in [0.2, 0.25) is 0 Å². The van der Waals surface area contributed by atoms with E-state index in [1.54, 1.807) is 4.90 Å². The first-order valence-corrected chi connectivity index (χ1v) is 6.37. The molecule has 0 aromatic heterocycles. The van der Waals surface area contributed by atoms with Crippen molar-refractivity contribution >= 4 is 18.0 Å². The van der Waals surface area contributed by atoms with E-state index in [-0.39, 0.29) is 0 Å². The molecule has 2 amide bonds. The number of nitrogens with zero attached hydrogens (tertiary/aromatic N) is 2. The zero-order valence-corrected chi connectivity index (χ0v) is 11.0. The molecule has 1 rings (SSSR count). The van der Waals surface area contributed by atoms with Crippen molar-refractivity contribution in [2.45, 2.75) is 26.2 Å². The summed E-state index contributed by atoms with van der Waals surface area (Å²) in [5, 5.41) is 17.5. The summed E-state index contributed by atoms with van der Waals surface area (Å²) in [6, 6.07) is -0.501. The van der Waals surface area contributed by atoms with Gasteiger partial charge in [0.25, 0.3) is 0 Å². The summed E-state index contributed by atoms with van der Waals surface area (Å²) in [5.41, 5.74) is 0. The van der Waals surface area contributed by atoms with Crippen LogP contribution in [0.15, 0.2) is 0 Å². The molecule has 0 aromatic rings. The number of rotatable bonds is 4. The highest BCUT2D eigenvalue weighted by Crippen LogP contribution is 2.17. The summed E-state index contributed by atoms with van der Waals surface area (Å²) in [7, 11) is 0. The smallest absolute Gasteiger partial charge is 0.323 e. The van der Waals surface area contributed by atoms with Crippen LogP contribution in [0.2, 0.25) is 0 Å². The van der Waals surface area contributed by atoms with E-state index < -0.39 is 31.1 Å². The highest BCUT2D eigenvalue weighted by atomic mass is 16.4. The number of urea groups is 1.